The highest BCUT2D eigenvalue weighted by Crippen LogP contribution is 2.24. The smallest absolute Gasteiger partial charge is 0.251 e. The number of carbonyl (C=O) groups excluding carboxylic acids is 2. The minimum Gasteiger partial charge on any atom is -0.343 e. The molecule has 2 N–H and O–H groups in total. The van der Waals surface area contributed by atoms with E-state index in [1.807, 2.05) is 41.8 Å². The van der Waals surface area contributed by atoms with Crippen LogP contribution in [-0.4, -0.2) is 18.4 Å². The topological polar surface area (TPSA) is 58.2 Å². The lowest BCUT2D eigenvalue weighted by atomic mass is 10.1. The van der Waals surface area contributed by atoms with Crippen LogP contribution in [0.2, 0.25) is 0 Å². The second-order valence-electron chi connectivity index (χ2n) is 5.33. The molecule has 0 radical (unpaired) electrons. The maximum absolute atomic E-state index is 12.1. The van der Waals surface area contributed by atoms with Crippen LogP contribution in [0.1, 0.15) is 10.4 Å². The van der Waals surface area contributed by atoms with Crippen molar-refractivity contribution in [1.82, 2.24) is 5.32 Å². The molecule has 126 valence electrons. The largest absolute Gasteiger partial charge is 0.343 e. The third-order valence-corrected chi connectivity index (χ3v) is 4.67. The molecule has 6 heteroatoms. The van der Waals surface area contributed by atoms with E-state index in [1.165, 1.54) is 0 Å². The van der Waals surface area contributed by atoms with Crippen LogP contribution in [0, 0.1) is 0 Å². The molecule has 0 aliphatic heterocycles. The molecule has 0 aliphatic rings. The number of carbonyl (C=O) groups is 2. The predicted octanol–water partition coefficient (Wildman–Crippen LogP) is 4.55. The van der Waals surface area contributed by atoms with E-state index < -0.39 is 0 Å². The zero-order valence-electron chi connectivity index (χ0n) is 13.2. The van der Waals surface area contributed by atoms with Gasteiger partial charge in [0.2, 0.25) is 5.91 Å². The molecular formula is C19H15BrN2O2S. The van der Waals surface area contributed by atoms with E-state index in [-0.39, 0.29) is 18.4 Å². The van der Waals surface area contributed by atoms with Gasteiger partial charge in [0.1, 0.15) is 0 Å². The van der Waals surface area contributed by atoms with E-state index in [0.29, 0.717) is 11.3 Å². The van der Waals surface area contributed by atoms with E-state index in [0.717, 1.165) is 15.6 Å². The fourth-order valence-electron chi connectivity index (χ4n) is 2.30. The first-order valence-electron chi connectivity index (χ1n) is 7.58. The number of hydrogen-bond acceptors (Lipinski definition) is 3. The highest BCUT2D eigenvalue weighted by atomic mass is 79.9. The van der Waals surface area contributed by atoms with E-state index in [9.17, 15) is 9.59 Å². The van der Waals surface area contributed by atoms with Gasteiger partial charge in [-0.1, -0.05) is 34.1 Å². The summed E-state index contributed by atoms with van der Waals surface area (Å²) in [6, 6.07) is 16.7. The number of amides is 2. The van der Waals surface area contributed by atoms with Gasteiger partial charge in [0.05, 0.1) is 6.54 Å². The van der Waals surface area contributed by atoms with Crippen LogP contribution < -0.4 is 10.6 Å². The molecule has 1 heterocycles. The van der Waals surface area contributed by atoms with Crippen LogP contribution in [0.5, 0.6) is 0 Å². The second-order valence-corrected chi connectivity index (χ2v) is 7.03. The van der Waals surface area contributed by atoms with Gasteiger partial charge < -0.3 is 10.6 Å². The standard InChI is InChI=1S/C19H15BrN2O2S/c20-16-5-1-4-14(9-16)19(24)21-11-18(23)22-17-6-2-3-13(10-17)15-7-8-25-12-15/h1-10,12H,11H2,(H,21,24)(H,22,23). The maximum atomic E-state index is 12.1. The minimum absolute atomic E-state index is 0.0893. The Labute approximate surface area is 158 Å². The first-order valence-corrected chi connectivity index (χ1v) is 9.31. The van der Waals surface area contributed by atoms with Crippen molar-refractivity contribution in [3.05, 3.63) is 75.4 Å². The highest BCUT2D eigenvalue weighted by molar-refractivity contribution is 9.10. The Morgan fingerprint density at radius 3 is 2.60 bits per heavy atom. The molecule has 25 heavy (non-hydrogen) atoms. The predicted molar refractivity (Wildman–Crippen MR) is 105 cm³/mol. The summed E-state index contributed by atoms with van der Waals surface area (Å²) in [4.78, 5) is 24.1. The van der Waals surface area contributed by atoms with E-state index in [4.69, 9.17) is 0 Å². The summed E-state index contributed by atoms with van der Waals surface area (Å²) in [6.45, 7) is -0.0893. The summed E-state index contributed by atoms with van der Waals surface area (Å²) in [6.07, 6.45) is 0. The normalized spacial score (nSPS) is 10.3. The van der Waals surface area contributed by atoms with E-state index >= 15 is 0 Å². The average molecular weight is 415 g/mol. The quantitative estimate of drug-likeness (QED) is 0.643. The number of benzene rings is 2. The number of hydrogen-bond donors (Lipinski definition) is 2. The van der Waals surface area contributed by atoms with E-state index in [1.54, 1.807) is 29.5 Å². The molecule has 0 spiro atoms. The van der Waals surface area contributed by atoms with Crippen molar-refractivity contribution in [1.29, 1.82) is 0 Å². The minimum atomic E-state index is -0.288. The van der Waals surface area contributed by atoms with Crippen molar-refractivity contribution < 1.29 is 9.59 Å². The Balaban J connectivity index is 1.58. The van der Waals surface area contributed by atoms with Crippen LogP contribution in [0.4, 0.5) is 5.69 Å². The third kappa shape index (κ3) is 4.78. The van der Waals surface area contributed by atoms with Gasteiger partial charge in [-0.25, -0.2) is 0 Å². The fraction of sp³-hybridized carbons (Fsp3) is 0.0526. The molecule has 2 aromatic carbocycles. The first kappa shape index (κ1) is 17.4. The molecule has 3 rings (SSSR count). The fourth-order valence-corrected chi connectivity index (χ4v) is 3.37. The molecule has 0 bridgehead atoms. The van der Waals surface area contributed by atoms with Crippen LogP contribution in [0.25, 0.3) is 11.1 Å². The molecule has 0 saturated carbocycles. The summed E-state index contributed by atoms with van der Waals surface area (Å²) in [5, 5.41) is 9.49. The summed E-state index contributed by atoms with van der Waals surface area (Å²) in [5.74, 6) is -0.561. The molecule has 3 aromatic rings. The molecule has 0 fully saturated rings. The summed E-state index contributed by atoms with van der Waals surface area (Å²) in [7, 11) is 0. The van der Waals surface area contributed by atoms with Crippen molar-refractivity contribution >= 4 is 44.8 Å². The monoisotopic (exact) mass is 414 g/mol. The van der Waals surface area contributed by atoms with Crippen molar-refractivity contribution in [2.45, 2.75) is 0 Å². The summed E-state index contributed by atoms with van der Waals surface area (Å²) >= 11 is 4.95. The van der Waals surface area contributed by atoms with Crippen LogP contribution >= 0.6 is 27.3 Å². The zero-order valence-corrected chi connectivity index (χ0v) is 15.6. The number of halogens is 1. The van der Waals surface area contributed by atoms with Crippen molar-refractivity contribution in [3.8, 4) is 11.1 Å². The third-order valence-electron chi connectivity index (χ3n) is 3.50. The van der Waals surface area contributed by atoms with Gasteiger partial charge in [0.25, 0.3) is 5.91 Å². The van der Waals surface area contributed by atoms with Crippen molar-refractivity contribution in [2.24, 2.45) is 0 Å². The lowest BCUT2D eigenvalue weighted by Gasteiger charge is -2.08. The second kappa shape index (κ2) is 8.09. The Hall–Kier alpha value is -2.44. The number of rotatable bonds is 5. The molecule has 4 nitrogen and oxygen atoms in total. The van der Waals surface area contributed by atoms with Gasteiger partial charge in [0.15, 0.2) is 0 Å². The summed E-state index contributed by atoms with van der Waals surface area (Å²) in [5.41, 5.74) is 3.35. The Kier molecular flexibility index (Phi) is 5.63. The summed E-state index contributed by atoms with van der Waals surface area (Å²) < 4.78 is 0.815. The van der Waals surface area contributed by atoms with Crippen LogP contribution in [-0.2, 0) is 4.79 Å². The molecule has 0 atom stereocenters. The van der Waals surface area contributed by atoms with Crippen molar-refractivity contribution in [3.63, 3.8) is 0 Å². The van der Waals surface area contributed by atoms with Gasteiger partial charge in [-0.3, -0.25) is 9.59 Å². The number of nitrogens with one attached hydrogen (secondary N) is 2. The Morgan fingerprint density at radius 2 is 1.84 bits per heavy atom. The van der Waals surface area contributed by atoms with E-state index in [2.05, 4.69) is 31.9 Å². The lowest BCUT2D eigenvalue weighted by molar-refractivity contribution is -0.115. The van der Waals surface area contributed by atoms with Crippen molar-refractivity contribution in [2.75, 3.05) is 11.9 Å². The van der Waals surface area contributed by atoms with Gasteiger partial charge in [0, 0.05) is 15.7 Å². The highest BCUT2D eigenvalue weighted by Gasteiger charge is 2.09. The van der Waals surface area contributed by atoms with Gasteiger partial charge in [-0.2, -0.15) is 11.3 Å². The van der Waals surface area contributed by atoms with Gasteiger partial charge in [-0.15, -0.1) is 0 Å². The van der Waals surface area contributed by atoms with Crippen LogP contribution in [0.15, 0.2) is 69.8 Å². The number of thiophene rings is 1. The average Bonchev–Trinajstić information content (AvgIpc) is 3.14. The van der Waals surface area contributed by atoms with Crippen LogP contribution in [0.3, 0.4) is 0 Å². The lowest BCUT2D eigenvalue weighted by Crippen LogP contribution is -2.32. The number of anilines is 1. The molecule has 2 amide bonds. The zero-order chi connectivity index (χ0) is 17.6. The molecule has 0 unspecified atom stereocenters. The SMILES string of the molecule is O=C(CNC(=O)c1cccc(Br)c1)Nc1cccc(-c2ccsc2)c1. The molecule has 1 aromatic heterocycles. The maximum Gasteiger partial charge on any atom is 0.251 e. The van der Waals surface area contributed by atoms with Gasteiger partial charge >= 0.3 is 0 Å². The molecule has 0 saturated heterocycles. The first-order chi connectivity index (χ1) is 12.1. The molecular weight excluding hydrogens is 400 g/mol. The Bertz CT molecular complexity index is 894. The molecule has 0 aliphatic carbocycles. The van der Waals surface area contributed by atoms with Gasteiger partial charge in [-0.05, 0) is 58.3 Å². The Morgan fingerprint density at radius 1 is 1.00 bits per heavy atom.